The number of nitrogens with zero attached hydrogens (tertiary/aromatic N) is 1. The van der Waals surface area contributed by atoms with Gasteiger partial charge in [-0.05, 0) is 38.1 Å². The number of hydrogen-bond acceptors (Lipinski definition) is 5. The number of anilines is 1. The molecule has 0 aliphatic rings. The zero-order valence-electron chi connectivity index (χ0n) is 15.1. The van der Waals surface area contributed by atoms with Crippen molar-refractivity contribution in [3.63, 3.8) is 0 Å². The molecule has 1 heterocycles. The second kappa shape index (κ2) is 7.58. The van der Waals surface area contributed by atoms with Gasteiger partial charge in [-0.1, -0.05) is 19.0 Å². The first-order chi connectivity index (χ1) is 11.6. The summed E-state index contributed by atoms with van der Waals surface area (Å²) in [5.74, 6) is 0.470. The number of carbonyl (C=O) groups excluding carboxylic acids is 1. The summed E-state index contributed by atoms with van der Waals surface area (Å²) in [6.07, 6.45) is 0. The molecule has 1 aromatic carbocycles. The van der Waals surface area contributed by atoms with Crippen molar-refractivity contribution in [2.75, 3.05) is 19.0 Å². The minimum absolute atomic E-state index is 0.216. The van der Waals surface area contributed by atoms with Gasteiger partial charge in [0.25, 0.3) is 0 Å². The molecule has 5 nitrogen and oxygen atoms in total. The molecular weight excluding hydrogens is 343 g/mol. The lowest BCUT2D eigenvalue weighted by molar-refractivity contribution is -0.117. The molecule has 0 saturated carbocycles. The number of halogens is 1. The molecule has 0 fully saturated rings. The first-order valence-corrected chi connectivity index (χ1v) is 8.68. The van der Waals surface area contributed by atoms with Gasteiger partial charge in [-0.3, -0.25) is 4.79 Å². The number of methoxy groups -OCH3 is 1. The third-order valence-corrected chi connectivity index (χ3v) is 4.86. The normalized spacial score (nSPS) is 12.2. The molecule has 0 radical (unpaired) electrons. The molecule has 7 heteroatoms. The van der Waals surface area contributed by atoms with Crippen LogP contribution in [0.1, 0.15) is 33.5 Å². The summed E-state index contributed by atoms with van der Waals surface area (Å²) < 4.78 is 22.7. The highest BCUT2D eigenvalue weighted by Gasteiger charge is 2.31. The van der Waals surface area contributed by atoms with Crippen LogP contribution in [-0.4, -0.2) is 29.5 Å². The van der Waals surface area contributed by atoms with E-state index in [1.807, 2.05) is 13.8 Å². The van der Waals surface area contributed by atoms with Gasteiger partial charge in [0, 0.05) is 23.5 Å². The number of aromatic nitrogens is 1. The molecular formula is C18H23FN2O3S. The van der Waals surface area contributed by atoms with Crippen LogP contribution in [0.3, 0.4) is 0 Å². The summed E-state index contributed by atoms with van der Waals surface area (Å²) >= 11 is 1.35. The monoisotopic (exact) mass is 366 g/mol. The van der Waals surface area contributed by atoms with Crippen LogP contribution >= 0.6 is 11.8 Å². The summed E-state index contributed by atoms with van der Waals surface area (Å²) in [5, 5.41) is 6.68. The zero-order valence-corrected chi connectivity index (χ0v) is 15.9. The average Bonchev–Trinajstić information content (AvgIpc) is 2.99. The predicted octanol–water partition coefficient (Wildman–Crippen LogP) is 4.25. The molecule has 0 aliphatic heterocycles. The Kier molecular flexibility index (Phi) is 5.90. The molecule has 1 aromatic heterocycles. The van der Waals surface area contributed by atoms with Crippen LogP contribution in [0, 0.1) is 5.82 Å². The van der Waals surface area contributed by atoms with Crippen LogP contribution in [0.4, 0.5) is 10.2 Å². The summed E-state index contributed by atoms with van der Waals surface area (Å²) in [6.45, 7) is 8.01. The first kappa shape index (κ1) is 19.5. The molecule has 136 valence electrons. The summed E-state index contributed by atoms with van der Waals surface area (Å²) in [5.41, 5.74) is -0.344. The van der Waals surface area contributed by atoms with Gasteiger partial charge in [-0.15, -0.1) is 11.8 Å². The Bertz CT molecular complexity index is 726. The number of nitrogens with one attached hydrogen (secondary N) is 1. The molecule has 1 amide bonds. The molecule has 0 unspecified atom stereocenters. The van der Waals surface area contributed by atoms with E-state index in [4.69, 9.17) is 9.26 Å². The Hall–Kier alpha value is -1.86. The van der Waals surface area contributed by atoms with Gasteiger partial charge in [0.15, 0.2) is 5.82 Å². The van der Waals surface area contributed by atoms with E-state index in [1.54, 1.807) is 39.2 Å². The number of rotatable bonds is 7. The number of amides is 1. The van der Waals surface area contributed by atoms with E-state index < -0.39 is 4.75 Å². The molecule has 0 spiro atoms. The van der Waals surface area contributed by atoms with Crippen molar-refractivity contribution in [1.82, 2.24) is 5.16 Å². The maximum atomic E-state index is 13.0. The van der Waals surface area contributed by atoms with Crippen molar-refractivity contribution < 1.29 is 18.4 Å². The van der Waals surface area contributed by atoms with Crippen LogP contribution in [0.2, 0.25) is 0 Å². The highest BCUT2D eigenvalue weighted by atomic mass is 32.2. The van der Waals surface area contributed by atoms with E-state index in [-0.39, 0.29) is 17.1 Å². The second-order valence-corrected chi connectivity index (χ2v) is 8.61. The van der Waals surface area contributed by atoms with E-state index in [0.717, 1.165) is 4.90 Å². The number of hydrogen-bond donors (Lipinski definition) is 1. The fourth-order valence-corrected chi connectivity index (χ4v) is 3.20. The molecule has 0 atom stereocenters. The summed E-state index contributed by atoms with van der Waals surface area (Å²) in [4.78, 5) is 13.4. The smallest absolute Gasteiger partial charge is 0.241 e. The minimum atomic E-state index is -0.765. The lowest BCUT2D eigenvalue weighted by Gasteiger charge is -2.22. The quantitative estimate of drug-likeness (QED) is 0.742. The number of thioether (sulfide) groups is 1. The van der Waals surface area contributed by atoms with Gasteiger partial charge in [0.1, 0.15) is 11.6 Å². The van der Waals surface area contributed by atoms with E-state index in [2.05, 4.69) is 10.5 Å². The van der Waals surface area contributed by atoms with Crippen molar-refractivity contribution >= 4 is 23.5 Å². The number of benzene rings is 1. The third kappa shape index (κ3) is 5.06. The fraction of sp³-hybridized carbons (Fsp3) is 0.444. The van der Waals surface area contributed by atoms with Gasteiger partial charge in [0.05, 0.1) is 11.4 Å². The molecule has 2 aromatic rings. The second-order valence-electron chi connectivity index (χ2n) is 6.91. The lowest BCUT2D eigenvalue weighted by Crippen LogP contribution is -2.34. The van der Waals surface area contributed by atoms with E-state index in [1.165, 1.54) is 23.9 Å². The van der Waals surface area contributed by atoms with Crippen LogP contribution in [-0.2, 0) is 14.9 Å². The first-order valence-electron chi connectivity index (χ1n) is 7.86. The van der Waals surface area contributed by atoms with Crippen LogP contribution < -0.4 is 5.32 Å². The third-order valence-electron chi connectivity index (χ3n) is 3.66. The van der Waals surface area contributed by atoms with Gasteiger partial charge in [-0.25, -0.2) is 4.39 Å². The van der Waals surface area contributed by atoms with Crippen molar-refractivity contribution in [3.05, 3.63) is 41.9 Å². The molecule has 2 rings (SSSR count). The minimum Gasteiger partial charge on any atom is -0.384 e. The lowest BCUT2D eigenvalue weighted by atomic mass is 9.91. The number of carbonyl (C=O) groups is 1. The summed E-state index contributed by atoms with van der Waals surface area (Å²) in [7, 11) is 1.62. The highest BCUT2D eigenvalue weighted by Crippen LogP contribution is 2.34. The van der Waals surface area contributed by atoms with Crippen molar-refractivity contribution in [1.29, 1.82) is 0 Å². The maximum Gasteiger partial charge on any atom is 0.241 e. The predicted molar refractivity (Wildman–Crippen MR) is 96.4 cm³/mol. The van der Waals surface area contributed by atoms with Crippen LogP contribution in [0.25, 0.3) is 0 Å². The largest absolute Gasteiger partial charge is 0.384 e. The summed E-state index contributed by atoms with van der Waals surface area (Å²) in [6, 6.07) is 7.75. The fourth-order valence-electron chi connectivity index (χ4n) is 2.20. The standard InChI is InChI=1S/C18H23FN2O3S/c1-17(2,11-23-5)14-10-15(21-24-14)20-16(22)18(3,4)25-13-8-6-12(19)7-9-13/h6-10H,11H2,1-5H3,(H,20,21,22). The molecule has 25 heavy (non-hydrogen) atoms. The zero-order chi connectivity index (χ0) is 18.7. The number of ether oxygens (including phenoxy) is 1. The topological polar surface area (TPSA) is 64.4 Å². The Labute approximate surface area is 151 Å². The van der Waals surface area contributed by atoms with E-state index >= 15 is 0 Å². The molecule has 0 aliphatic carbocycles. The molecule has 0 saturated heterocycles. The van der Waals surface area contributed by atoms with E-state index in [9.17, 15) is 9.18 Å². The van der Waals surface area contributed by atoms with Gasteiger partial charge in [-0.2, -0.15) is 0 Å². The highest BCUT2D eigenvalue weighted by molar-refractivity contribution is 8.01. The van der Waals surface area contributed by atoms with Crippen molar-refractivity contribution in [2.45, 2.75) is 42.8 Å². The Morgan fingerprint density at radius 2 is 1.92 bits per heavy atom. The van der Waals surface area contributed by atoms with Gasteiger partial charge >= 0.3 is 0 Å². The van der Waals surface area contributed by atoms with Crippen LogP contribution in [0.5, 0.6) is 0 Å². The Balaban J connectivity index is 2.05. The van der Waals surface area contributed by atoms with Gasteiger partial charge < -0.3 is 14.6 Å². The van der Waals surface area contributed by atoms with E-state index in [0.29, 0.717) is 18.2 Å². The van der Waals surface area contributed by atoms with Gasteiger partial charge in [0.2, 0.25) is 5.91 Å². The molecule has 1 N–H and O–H groups in total. The van der Waals surface area contributed by atoms with Crippen molar-refractivity contribution in [2.24, 2.45) is 0 Å². The maximum absolute atomic E-state index is 13.0. The SMILES string of the molecule is COCC(C)(C)c1cc(NC(=O)C(C)(C)Sc2ccc(F)cc2)no1. The Morgan fingerprint density at radius 3 is 2.52 bits per heavy atom. The van der Waals surface area contributed by atoms with Crippen LogP contribution in [0.15, 0.2) is 39.8 Å². The molecule has 0 bridgehead atoms. The Morgan fingerprint density at radius 1 is 1.28 bits per heavy atom. The van der Waals surface area contributed by atoms with Crippen molar-refractivity contribution in [3.8, 4) is 0 Å². The average molecular weight is 366 g/mol.